The van der Waals surface area contributed by atoms with Crippen LogP contribution in [0.5, 0.6) is 5.75 Å². The standard InChI is InChI=1S/C13H13BrFNOS/c1-8-11(14)6-10(18-8)7-16-13-5-9(17-2)3-4-12(13)15/h3-6,16H,7H2,1-2H3. The molecular weight excluding hydrogens is 317 g/mol. The van der Waals surface area contributed by atoms with Gasteiger partial charge in [0.05, 0.1) is 12.8 Å². The van der Waals surface area contributed by atoms with Crippen LogP contribution in [0.2, 0.25) is 0 Å². The molecule has 2 nitrogen and oxygen atoms in total. The largest absolute Gasteiger partial charge is 0.497 e. The lowest BCUT2D eigenvalue weighted by atomic mass is 10.3. The second-order valence-corrected chi connectivity index (χ2v) is 6.01. The molecule has 0 saturated carbocycles. The average molecular weight is 330 g/mol. The van der Waals surface area contributed by atoms with E-state index >= 15 is 0 Å². The molecule has 2 aromatic rings. The number of benzene rings is 1. The molecule has 0 atom stereocenters. The minimum atomic E-state index is -0.275. The van der Waals surface area contributed by atoms with E-state index in [1.54, 1.807) is 30.6 Å². The van der Waals surface area contributed by atoms with Crippen LogP contribution in [-0.2, 0) is 6.54 Å². The van der Waals surface area contributed by atoms with Crippen molar-refractivity contribution >= 4 is 33.0 Å². The molecule has 0 unspecified atom stereocenters. The molecule has 0 bridgehead atoms. The van der Waals surface area contributed by atoms with Gasteiger partial charge in [-0.25, -0.2) is 4.39 Å². The summed E-state index contributed by atoms with van der Waals surface area (Å²) in [7, 11) is 1.57. The Morgan fingerprint density at radius 2 is 2.17 bits per heavy atom. The van der Waals surface area contributed by atoms with Crippen LogP contribution in [0.15, 0.2) is 28.7 Å². The molecule has 1 aromatic heterocycles. The summed E-state index contributed by atoms with van der Waals surface area (Å²) in [6.07, 6.45) is 0. The summed E-state index contributed by atoms with van der Waals surface area (Å²) in [6.45, 7) is 2.64. The first-order valence-electron chi connectivity index (χ1n) is 5.42. The van der Waals surface area contributed by atoms with Crippen LogP contribution >= 0.6 is 27.3 Å². The van der Waals surface area contributed by atoms with Gasteiger partial charge in [-0.15, -0.1) is 11.3 Å². The van der Waals surface area contributed by atoms with Gasteiger partial charge >= 0.3 is 0 Å². The molecule has 18 heavy (non-hydrogen) atoms. The Balaban J connectivity index is 2.10. The van der Waals surface area contributed by atoms with Gasteiger partial charge in [0.2, 0.25) is 0 Å². The molecule has 2 rings (SSSR count). The van der Waals surface area contributed by atoms with Crippen LogP contribution in [-0.4, -0.2) is 7.11 Å². The van der Waals surface area contributed by atoms with E-state index in [1.807, 2.05) is 13.0 Å². The van der Waals surface area contributed by atoms with Crippen LogP contribution in [0.1, 0.15) is 9.75 Å². The van der Waals surface area contributed by atoms with Gasteiger partial charge in [0, 0.05) is 26.8 Å². The van der Waals surface area contributed by atoms with E-state index < -0.39 is 0 Å². The molecule has 1 heterocycles. The molecule has 1 aromatic carbocycles. The lowest BCUT2D eigenvalue weighted by Crippen LogP contribution is -2.00. The fourth-order valence-electron chi connectivity index (χ4n) is 1.55. The third kappa shape index (κ3) is 3.03. The van der Waals surface area contributed by atoms with E-state index in [-0.39, 0.29) is 5.82 Å². The number of halogens is 2. The SMILES string of the molecule is COc1ccc(F)c(NCc2cc(Br)c(C)s2)c1. The smallest absolute Gasteiger partial charge is 0.146 e. The van der Waals surface area contributed by atoms with E-state index in [0.717, 1.165) is 9.35 Å². The molecule has 0 aliphatic rings. The highest BCUT2D eigenvalue weighted by Gasteiger charge is 2.06. The molecule has 0 fully saturated rings. The predicted molar refractivity (Wildman–Crippen MR) is 77.0 cm³/mol. The highest BCUT2D eigenvalue weighted by Crippen LogP contribution is 2.28. The normalized spacial score (nSPS) is 10.4. The average Bonchev–Trinajstić information content (AvgIpc) is 2.68. The maximum Gasteiger partial charge on any atom is 0.146 e. The minimum absolute atomic E-state index is 0.275. The molecule has 0 amide bonds. The summed E-state index contributed by atoms with van der Waals surface area (Å²) >= 11 is 5.15. The van der Waals surface area contributed by atoms with Crippen molar-refractivity contribution in [2.75, 3.05) is 12.4 Å². The van der Waals surface area contributed by atoms with E-state index in [9.17, 15) is 4.39 Å². The van der Waals surface area contributed by atoms with Crippen LogP contribution in [0, 0.1) is 12.7 Å². The van der Waals surface area contributed by atoms with Gasteiger partial charge in [0.1, 0.15) is 11.6 Å². The van der Waals surface area contributed by atoms with Crippen molar-refractivity contribution in [2.24, 2.45) is 0 Å². The van der Waals surface area contributed by atoms with Gasteiger partial charge in [-0.2, -0.15) is 0 Å². The predicted octanol–water partition coefficient (Wildman–Crippen LogP) is 4.58. The lowest BCUT2D eigenvalue weighted by molar-refractivity contribution is 0.414. The van der Waals surface area contributed by atoms with E-state index in [4.69, 9.17) is 4.74 Å². The topological polar surface area (TPSA) is 21.3 Å². The zero-order valence-electron chi connectivity index (χ0n) is 10.1. The molecule has 0 radical (unpaired) electrons. The van der Waals surface area contributed by atoms with Crippen LogP contribution in [0.25, 0.3) is 0 Å². The van der Waals surface area contributed by atoms with Crippen molar-refractivity contribution in [1.29, 1.82) is 0 Å². The maximum atomic E-state index is 13.6. The minimum Gasteiger partial charge on any atom is -0.497 e. The monoisotopic (exact) mass is 329 g/mol. The zero-order chi connectivity index (χ0) is 13.1. The molecule has 0 saturated heterocycles. The number of nitrogens with one attached hydrogen (secondary N) is 1. The third-order valence-electron chi connectivity index (χ3n) is 2.53. The lowest BCUT2D eigenvalue weighted by Gasteiger charge is -2.08. The first-order chi connectivity index (χ1) is 8.60. The van der Waals surface area contributed by atoms with Crippen molar-refractivity contribution in [1.82, 2.24) is 0 Å². The second-order valence-electron chi connectivity index (χ2n) is 3.82. The number of hydrogen-bond acceptors (Lipinski definition) is 3. The Bertz CT molecular complexity index is 536. The zero-order valence-corrected chi connectivity index (χ0v) is 12.5. The molecule has 0 aliphatic heterocycles. The van der Waals surface area contributed by atoms with Crippen LogP contribution in [0.3, 0.4) is 0 Å². The highest BCUT2D eigenvalue weighted by molar-refractivity contribution is 9.10. The highest BCUT2D eigenvalue weighted by atomic mass is 79.9. The molecule has 5 heteroatoms. The summed E-state index contributed by atoms with van der Waals surface area (Å²) in [5.41, 5.74) is 0.455. The van der Waals surface area contributed by atoms with E-state index in [1.165, 1.54) is 10.9 Å². The van der Waals surface area contributed by atoms with E-state index in [2.05, 4.69) is 21.2 Å². The number of methoxy groups -OCH3 is 1. The summed E-state index contributed by atoms with van der Waals surface area (Å²) in [5.74, 6) is 0.366. The van der Waals surface area contributed by atoms with Crippen molar-refractivity contribution in [2.45, 2.75) is 13.5 Å². The first kappa shape index (κ1) is 13.4. The van der Waals surface area contributed by atoms with Gasteiger partial charge < -0.3 is 10.1 Å². The quantitative estimate of drug-likeness (QED) is 0.886. The molecule has 0 spiro atoms. The van der Waals surface area contributed by atoms with E-state index in [0.29, 0.717) is 18.0 Å². The summed E-state index contributed by atoms with van der Waals surface area (Å²) in [4.78, 5) is 2.37. The van der Waals surface area contributed by atoms with Gasteiger partial charge in [0.15, 0.2) is 0 Å². The second kappa shape index (κ2) is 5.71. The fourth-order valence-corrected chi connectivity index (χ4v) is 3.10. The Morgan fingerprint density at radius 3 is 2.78 bits per heavy atom. The van der Waals surface area contributed by atoms with Crippen LogP contribution < -0.4 is 10.1 Å². The molecule has 1 N–H and O–H groups in total. The van der Waals surface area contributed by atoms with Gasteiger partial charge in [-0.05, 0) is 41.1 Å². The fraction of sp³-hybridized carbons (Fsp3) is 0.231. The number of hydrogen-bond donors (Lipinski definition) is 1. The number of aryl methyl sites for hydroxylation is 1. The number of ether oxygens (including phenoxy) is 1. The van der Waals surface area contributed by atoms with Crippen molar-refractivity contribution in [3.05, 3.63) is 44.3 Å². The Hall–Kier alpha value is -1.07. The maximum absolute atomic E-state index is 13.6. The van der Waals surface area contributed by atoms with Crippen LogP contribution in [0.4, 0.5) is 10.1 Å². The summed E-state index contributed by atoms with van der Waals surface area (Å²) in [6, 6.07) is 6.71. The van der Waals surface area contributed by atoms with Crippen molar-refractivity contribution in [3.8, 4) is 5.75 Å². The Labute approximate surface area is 118 Å². The summed E-state index contributed by atoms with van der Waals surface area (Å²) in [5, 5.41) is 3.08. The van der Waals surface area contributed by atoms with Gasteiger partial charge in [-0.1, -0.05) is 0 Å². The molecule has 0 aliphatic carbocycles. The first-order valence-corrected chi connectivity index (χ1v) is 7.03. The van der Waals surface area contributed by atoms with Gasteiger partial charge in [-0.3, -0.25) is 0 Å². The third-order valence-corrected chi connectivity index (χ3v) is 4.67. The summed E-state index contributed by atoms with van der Waals surface area (Å²) < 4.78 is 19.7. The van der Waals surface area contributed by atoms with Crippen molar-refractivity contribution < 1.29 is 9.13 Å². The number of anilines is 1. The van der Waals surface area contributed by atoms with Crippen molar-refractivity contribution in [3.63, 3.8) is 0 Å². The number of rotatable bonds is 4. The van der Waals surface area contributed by atoms with Gasteiger partial charge in [0.25, 0.3) is 0 Å². The molecule has 96 valence electrons. The Kier molecular flexibility index (Phi) is 4.24. The Morgan fingerprint density at radius 1 is 1.39 bits per heavy atom. The molecular formula is C13H13BrFNOS. The number of thiophene rings is 1.